The number of benzene rings is 1. The number of methoxy groups -OCH3 is 3. The molecule has 0 fully saturated rings. The minimum Gasteiger partial charge on any atom is -0.497 e. The molecule has 0 saturated carbocycles. The van der Waals surface area contributed by atoms with Crippen LogP contribution in [-0.2, 0) is 30.4 Å². The van der Waals surface area contributed by atoms with Crippen LogP contribution >= 0.6 is 0 Å². The third-order valence-corrected chi connectivity index (χ3v) is 3.43. The molecule has 128 valence electrons. The van der Waals surface area contributed by atoms with E-state index < -0.39 is 17.9 Å². The maximum Gasteiger partial charge on any atom is 0.320 e. The summed E-state index contributed by atoms with van der Waals surface area (Å²) >= 11 is 0. The topological polar surface area (TPSA) is 71.1 Å². The van der Waals surface area contributed by atoms with E-state index in [1.807, 2.05) is 24.3 Å². The Morgan fingerprint density at radius 3 is 2.09 bits per heavy atom. The van der Waals surface area contributed by atoms with Crippen molar-refractivity contribution in [2.45, 2.75) is 25.9 Å². The van der Waals surface area contributed by atoms with Crippen LogP contribution in [0.2, 0.25) is 0 Å². The van der Waals surface area contributed by atoms with Crippen LogP contribution in [0.5, 0.6) is 5.75 Å². The van der Waals surface area contributed by atoms with E-state index >= 15 is 0 Å². The fourth-order valence-corrected chi connectivity index (χ4v) is 2.08. The number of hydrogen-bond donors (Lipinski definition) is 0. The van der Waals surface area contributed by atoms with Gasteiger partial charge in [-0.15, -0.1) is 0 Å². The predicted molar refractivity (Wildman–Crippen MR) is 84.0 cm³/mol. The van der Waals surface area contributed by atoms with Gasteiger partial charge in [-0.3, -0.25) is 9.59 Å². The van der Waals surface area contributed by atoms with Crippen LogP contribution in [0.3, 0.4) is 0 Å². The maximum atomic E-state index is 11.5. The fraction of sp³-hybridized carbons (Fsp3) is 0.529. The number of carbonyl (C=O) groups is 2. The Balaban J connectivity index is 2.22. The molecule has 0 bridgehead atoms. The molecule has 0 aliphatic heterocycles. The molecule has 0 atom stereocenters. The van der Waals surface area contributed by atoms with Gasteiger partial charge in [-0.05, 0) is 37.0 Å². The average Bonchev–Trinajstić information content (AvgIpc) is 2.60. The van der Waals surface area contributed by atoms with E-state index in [-0.39, 0.29) is 0 Å². The van der Waals surface area contributed by atoms with E-state index in [0.717, 1.165) is 17.7 Å². The first-order valence-electron chi connectivity index (χ1n) is 7.48. The fourth-order valence-electron chi connectivity index (χ4n) is 2.08. The first kappa shape index (κ1) is 19.0. The van der Waals surface area contributed by atoms with E-state index in [1.54, 1.807) is 7.11 Å². The second kappa shape index (κ2) is 10.6. The van der Waals surface area contributed by atoms with Gasteiger partial charge in [0.25, 0.3) is 0 Å². The van der Waals surface area contributed by atoms with Crippen LogP contribution in [0, 0.1) is 5.92 Å². The quantitative estimate of drug-likeness (QED) is 0.374. The van der Waals surface area contributed by atoms with Gasteiger partial charge in [0, 0.05) is 6.61 Å². The Labute approximate surface area is 136 Å². The summed E-state index contributed by atoms with van der Waals surface area (Å²) < 4.78 is 19.9. The third-order valence-electron chi connectivity index (χ3n) is 3.43. The largest absolute Gasteiger partial charge is 0.497 e. The molecule has 0 heterocycles. The second-order valence-electron chi connectivity index (χ2n) is 5.00. The van der Waals surface area contributed by atoms with E-state index in [9.17, 15) is 9.59 Å². The van der Waals surface area contributed by atoms with Gasteiger partial charge in [-0.25, -0.2) is 0 Å². The van der Waals surface area contributed by atoms with Gasteiger partial charge in [0.15, 0.2) is 5.92 Å². The predicted octanol–water partition coefficient (Wildman–Crippen LogP) is 2.34. The zero-order valence-corrected chi connectivity index (χ0v) is 13.9. The molecule has 6 nitrogen and oxygen atoms in total. The molecule has 6 heteroatoms. The van der Waals surface area contributed by atoms with E-state index in [0.29, 0.717) is 26.1 Å². The van der Waals surface area contributed by atoms with Crippen molar-refractivity contribution in [3.05, 3.63) is 29.8 Å². The van der Waals surface area contributed by atoms with Crippen LogP contribution in [-0.4, -0.2) is 39.9 Å². The van der Waals surface area contributed by atoms with Crippen molar-refractivity contribution in [1.29, 1.82) is 0 Å². The van der Waals surface area contributed by atoms with Crippen LogP contribution < -0.4 is 4.74 Å². The maximum absolute atomic E-state index is 11.5. The number of rotatable bonds is 10. The first-order chi connectivity index (χ1) is 11.1. The lowest BCUT2D eigenvalue weighted by atomic mass is 10.0. The van der Waals surface area contributed by atoms with Crippen molar-refractivity contribution in [1.82, 2.24) is 0 Å². The highest BCUT2D eigenvalue weighted by Gasteiger charge is 2.27. The minimum absolute atomic E-state index is 0.394. The smallest absolute Gasteiger partial charge is 0.320 e. The van der Waals surface area contributed by atoms with E-state index in [2.05, 4.69) is 9.47 Å². The summed E-state index contributed by atoms with van der Waals surface area (Å²) in [5.41, 5.74) is 1.06. The van der Waals surface area contributed by atoms with Gasteiger partial charge in [0.05, 0.1) is 27.9 Å². The summed E-state index contributed by atoms with van der Waals surface area (Å²) in [7, 11) is 4.15. The molecule has 0 aromatic heterocycles. The Morgan fingerprint density at radius 1 is 0.957 bits per heavy atom. The van der Waals surface area contributed by atoms with E-state index in [4.69, 9.17) is 9.47 Å². The molecule has 1 aromatic rings. The first-order valence-corrected chi connectivity index (χ1v) is 7.48. The van der Waals surface area contributed by atoms with Crippen molar-refractivity contribution in [2.75, 3.05) is 27.9 Å². The molecular formula is C17H24O6. The van der Waals surface area contributed by atoms with Crippen LogP contribution in [0.25, 0.3) is 0 Å². The molecule has 0 aliphatic rings. The van der Waals surface area contributed by atoms with Gasteiger partial charge in [0.1, 0.15) is 5.75 Å². The third kappa shape index (κ3) is 6.69. The second-order valence-corrected chi connectivity index (χ2v) is 5.00. The summed E-state index contributed by atoms with van der Waals surface area (Å²) in [5.74, 6) is -1.16. The number of hydrogen-bond acceptors (Lipinski definition) is 6. The lowest BCUT2D eigenvalue weighted by Crippen LogP contribution is -2.26. The standard InChI is InChI=1S/C17H24O6/c1-20-14-9-7-13(8-10-14)12-23-11-5-4-6-15(16(18)21-2)17(19)22-3/h7-10,15H,4-6,11-12H2,1-3H3. The monoisotopic (exact) mass is 324 g/mol. The molecule has 1 aromatic carbocycles. The zero-order chi connectivity index (χ0) is 17.1. The van der Waals surface area contributed by atoms with Crippen LogP contribution in [0.4, 0.5) is 0 Å². The van der Waals surface area contributed by atoms with Gasteiger partial charge in [-0.1, -0.05) is 12.1 Å². The normalized spacial score (nSPS) is 10.4. The van der Waals surface area contributed by atoms with Crippen molar-refractivity contribution in [3.63, 3.8) is 0 Å². The average molecular weight is 324 g/mol. The Hall–Kier alpha value is -2.08. The van der Waals surface area contributed by atoms with Crippen molar-refractivity contribution in [2.24, 2.45) is 5.92 Å². The molecule has 1 rings (SSSR count). The molecule has 0 N–H and O–H groups in total. The Bertz CT molecular complexity index is 466. The molecule has 0 saturated heterocycles. The van der Waals surface area contributed by atoms with Gasteiger partial charge >= 0.3 is 11.9 Å². The number of unbranched alkanes of at least 4 members (excludes halogenated alkanes) is 1. The lowest BCUT2D eigenvalue weighted by molar-refractivity contribution is -0.159. The summed E-state index contributed by atoms with van der Waals surface area (Å²) in [6, 6.07) is 7.67. The van der Waals surface area contributed by atoms with Crippen LogP contribution in [0.1, 0.15) is 24.8 Å². The van der Waals surface area contributed by atoms with Crippen molar-refractivity contribution < 1.29 is 28.5 Å². The van der Waals surface area contributed by atoms with Gasteiger partial charge in [-0.2, -0.15) is 0 Å². The van der Waals surface area contributed by atoms with Crippen molar-refractivity contribution in [3.8, 4) is 5.75 Å². The summed E-state index contributed by atoms with van der Waals surface area (Å²) in [6.45, 7) is 1.07. The summed E-state index contributed by atoms with van der Waals surface area (Å²) in [4.78, 5) is 23.0. The highest BCUT2D eigenvalue weighted by atomic mass is 16.5. The van der Waals surface area contributed by atoms with Crippen molar-refractivity contribution >= 4 is 11.9 Å². The molecule has 0 unspecified atom stereocenters. The lowest BCUT2D eigenvalue weighted by Gasteiger charge is -2.12. The zero-order valence-electron chi connectivity index (χ0n) is 13.9. The van der Waals surface area contributed by atoms with E-state index in [1.165, 1.54) is 14.2 Å². The summed E-state index contributed by atoms with van der Waals surface area (Å²) in [5, 5.41) is 0. The molecule has 0 spiro atoms. The van der Waals surface area contributed by atoms with Gasteiger partial charge < -0.3 is 18.9 Å². The number of ether oxygens (including phenoxy) is 4. The number of carbonyl (C=O) groups excluding carboxylic acids is 2. The molecule has 0 amide bonds. The van der Waals surface area contributed by atoms with Gasteiger partial charge in [0.2, 0.25) is 0 Å². The highest BCUT2D eigenvalue weighted by Crippen LogP contribution is 2.14. The Morgan fingerprint density at radius 2 is 1.57 bits per heavy atom. The highest BCUT2D eigenvalue weighted by molar-refractivity contribution is 5.94. The Kier molecular flexibility index (Phi) is 8.75. The molecule has 0 radical (unpaired) electrons. The molecule has 23 heavy (non-hydrogen) atoms. The van der Waals surface area contributed by atoms with Crippen LogP contribution in [0.15, 0.2) is 24.3 Å². The SMILES string of the molecule is COC(=O)C(CCCCOCc1ccc(OC)cc1)C(=O)OC. The number of esters is 2. The molecular weight excluding hydrogens is 300 g/mol. The minimum atomic E-state index is -0.855. The summed E-state index contributed by atoms with van der Waals surface area (Å²) in [6.07, 6.45) is 1.82. The molecule has 0 aliphatic carbocycles.